The van der Waals surface area contributed by atoms with Crippen molar-refractivity contribution in [1.29, 1.82) is 0 Å². The van der Waals surface area contributed by atoms with Gasteiger partial charge in [0.25, 0.3) is 0 Å². The first-order valence-corrected chi connectivity index (χ1v) is 8.18. The van der Waals surface area contributed by atoms with Gasteiger partial charge in [-0.1, -0.05) is 31.2 Å². The van der Waals surface area contributed by atoms with Crippen LogP contribution in [0.4, 0.5) is 11.4 Å². The van der Waals surface area contributed by atoms with Crippen LogP contribution in [0.5, 0.6) is 0 Å². The van der Waals surface area contributed by atoms with Gasteiger partial charge in [-0.3, -0.25) is 0 Å². The number of hydrogen-bond donors (Lipinski definition) is 1. The molecule has 0 bridgehead atoms. The Morgan fingerprint density at radius 1 is 1.14 bits per heavy atom. The van der Waals surface area contributed by atoms with Gasteiger partial charge in [-0.05, 0) is 65.8 Å². The van der Waals surface area contributed by atoms with Gasteiger partial charge in [-0.25, -0.2) is 4.99 Å². The third-order valence-electron chi connectivity index (χ3n) is 3.31. The fraction of sp³-hybridized carbons (Fsp3) is 0.235. The average molecular weight is 393 g/mol. The van der Waals surface area contributed by atoms with Gasteiger partial charge in [0.1, 0.15) is 0 Å². The Morgan fingerprint density at radius 2 is 1.90 bits per heavy atom. The molecule has 0 aromatic heterocycles. The van der Waals surface area contributed by atoms with Crippen molar-refractivity contribution in [2.75, 3.05) is 11.4 Å². The van der Waals surface area contributed by atoms with Crippen LogP contribution in [0.1, 0.15) is 19.4 Å². The van der Waals surface area contributed by atoms with Crippen LogP contribution in [0.25, 0.3) is 0 Å². The van der Waals surface area contributed by atoms with Gasteiger partial charge in [0.2, 0.25) is 5.96 Å². The second-order valence-electron chi connectivity index (χ2n) is 4.69. The maximum atomic E-state index is 6.23. The second-order valence-corrected chi connectivity index (χ2v) is 5.85. The Labute approximate surface area is 140 Å². The molecule has 4 heteroatoms. The highest BCUT2D eigenvalue weighted by atomic mass is 127. The summed E-state index contributed by atoms with van der Waals surface area (Å²) >= 11 is 2.27. The van der Waals surface area contributed by atoms with E-state index in [1.54, 1.807) is 0 Å². The van der Waals surface area contributed by atoms with E-state index in [4.69, 9.17) is 5.73 Å². The summed E-state index contributed by atoms with van der Waals surface area (Å²) in [6.07, 6.45) is 1.01. The van der Waals surface area contributed by atoms with Crippen LogP contribution in [0.3, 0.4) is 0 Å². The highest BCUT2D eigenvalue weighted by Crippen LogP contribution is 2.22. The molecule has 0 heterocycles. The minimum atomic E-state index is 0.523. The van der Waals surface area contributed by atoms with Crippen molar-refractivity contribution in [3.63, 3.8) is 0 Å². The Balaban J connectivity index is 2.34. The summed E-state index contributed by atoms with van der Waals surface area (Å²) in [4.78, 5) is 6.60. The molecule has 0 saturated carbocycles. The van der Waals surface area contributed by atoms with Crippen molar-refractivity contribution >= 4 is 39.9 Å². The predicted octanol–water partition coefficient (Wildman–Crippen LogP) is 4.33. The van der Waals surface area contributed by atoms with Gasteiger partial charge >= 0.3 is 0 Å². The molecule has 2 aromatic carbocycles. The zero-order valence-electron chi connectivity index (χ0n) is 12.4. The first-order valence-electron chi connectivity index (χ1n) is 7.10. The summed E-state index contributed by atoms with van der Waals surface area (Å²) in [7, 11) is 0. The number of nitrogens with two attached hydrogens (primary N) is 1. The average Bonchev–Trinajstić information content (AvgIpc) is 2.50. The monoisotopic (exact) mass is 393 g/mol. The van der Waals surface area contributed by atoms with Crippen molar-refractivity contribution in [2.24, 2.45) is 10.7 Å². The molecule has 2 aromatic rings. The summed E-state index contributed by atoms with van der Waals surface area (Å²) in [5.41, 5.74) is 9.52. The fourth-order valence-electron chi connectivity index (χ4n) is 2.15. The fourth-order valence-corrected chi connectivity index (χ4v) is 2.66. The topological polar surface area (TPSA) is 41.6 Å². The van der Waals surface area contributed by atoms with Gasteiger partial charge in [-0.15, -0.1) is 0 Å². The van der Waals surface area contributed by atoms with E-state index >= 15 is 0 Å². The van der Waals surface area contributed by atoms with Gasteiger partial charge in [0, 0.05) is 15.8 Å². The van der Waals surface area contributed by atoms with Crippen LogP contribution in [0.15, 0.2) is 53.5 Å². The molecule has 2 rings (SSSR count). The SMILES string of the molecule is CCc1cccc(N(CC)C(N)=Nc2ccccc2I)c1. The quantitative estimate of drug-likeness (QED) is 0.478. The smallest absolute Gasteiger partial charge is 0.201 e. The summed E-state index contributed by atoms with van der Waals surface area (Å²) in [5, 5.41) is 0. The van der Waals surface area contributed by atoms with Crippen LogP contribution >= 0.6 is 22.6 Å². The van der Waals surface area contributed by atoms with Crippen molar-refractivity contribution < 1.29 is 0 Å². The number of anilines is 1. The van der Waals surface area contributed by atoms with E-state index in [0.717, 1.165) is 27.9 Å². The normalized spacial score (nSPS) is 11.5. The van der Waals surface area contributed by atoms with Crippen LogP contribution in [-0.4, -0.2) is 12.5 Å². The van der Waals surface area contributed by atoms with E-state index < -0.39 is 0 Å². The van der Waals surface area contributed by atoms with E-state index in [9.17, 15) is 0 Å². The number of aliphatic imine (C=N–C) groups is 1. The third-order valence-corrected chi connectivity index (χ3v) is 4.22. The highest BCUT2D eigenvalue weighted by molar-refractivity contribution is 14.1. The minimum absolute atomic E-state index is 0.523. The maximum Gasteiger partial charge on any atom is 0.201 e. The van der Waals surface area contributed by atoms with Crippen LogP contribution < -0.4 is 10.6 Å². The first-order chi connectivity index (χ1) is 10.2. The number of nitrogens with zero attached hydrogens (tertiary/aromatic N) is 2. The lowest BCUT2D eigenvalue weighted by molar-refractivity contribution is 1.03. The number of aryl methyl sites for hydroxylation is 1. The molecule has 0 atom stereocenters. The molecular formula is C17H20IN3. The van der Waals surface area contributed by atoms with Crippen LogP contribution in [0.2, 0.25) is 0 Å². The Morgan fingerprint density at radius 3 is 2.57 bits per heavy atom. The zero-order chi connectivity index (χ0) is 15.2. The van der Waals surface area contributed by atoms with Crippen molar-refractivity contribution in [3.05, 3.63) is 57.7 Å². The maximum absolute atomic E-state index is 6.23. The molecule has 2 N–H and O–H groups in total. The molecule has 0 spiro atoms. The van der Waals surface area contributed by atoms with Gasteiger partial charge in [0.15, 0.2) is 0 Å². The molecule has 0 radical (unpaired) electrons. The molecule has 0 aliphatic rings. The lowest BCUT2D eigenvalue weighted by Crippen LogP contribution is -2.37. The van der Waals surface area contributed by atoms with Crippen molar-refractivity contribution in [2.45, 2.75) is 20.3 Å². The number of guanidine groups is 1. The van der Waals surface area contributed by atoms with Crippen LogP contribution in [-0.2, 0) is 6.42 Å². The minimum Gasteiger partial charge on any atom is -0.369 e. The van der Waals surface area contributed by atoms with E-state index in [1.807, 2.05) is 29.2 Å². The lowest BCUT2D eigenvalue weighted by atomic mass is 10.1. The molecule has 21 heavy (non-hydrogen) atoms. The van der Waals surface area contributed by atoms with Crippen molar-refractivity contribution in [1.82, 2.24) is 0 Å². The number of benzene rings is 2. The highest BCUT2D eigenvalue weighted by Gasteiger charge is 2.09. The summed E-state index contributed by atoms with van der Waals surface area (Å²) in [5.74, 6) is 0.523. The van der Waals surface area contributed by atoms with E-state index in [1.165, 1.54) is 5.56 Å². The molecule has 110 valence electrons. The molecule has 0 unspecified atom stereocenters. The number of hydrogen-bond acceptors (Lipinski definition) is 1. The van der Waals surface area contributed by atoms with E-state index in [-0.39, 0.29) is 0 Å². The van der Waals surface area contributed by atoms with E-state index in [0.29, 0.717) is 5.96 Å². The summed E-state index contributed by atoms with van der Waals surface area (Å²) in [6.45, 7) is 5.02. The van der Waals surface area contributed by atoms with E-state index in [2.05, 4.69) is 65.7 Å². The largest absolute Gasteiger partial charge is 0.369 e. The molecule has 0 amide bonds. The summed E-state index contributed by atoms with van der Waals surface area (Å²) < 4.78 is 1.09. The lowest BCUT2D eigenvalue weighted by Gasteiger charge is -2.22. The second kappa shape index (κ2) is 7.45. The first kappa shape index (κ1) is 15.8. The van der Waals surface area contributed by atoms with Gasteiger partial charge in [0.05, 0.1) is 5.69 Å². The van der Waals surface area contributed by atoms with Crippen molar-refractivity contribution in [3.8, 4) is 0 Å². The molecule has 0 aliphatic heterocycles. The van der Waals surface area contributed by atoms with Gasteiger partial charge < -0.3 is 10.6 Å². The predicted molar refractivity (Wildman–Crippen MR) is 99.3 cm³/mol. The molecule has 0 aliphatic carbocycles. The number of rotatable bonds is 4. The standard InChI is InChI=1S/C17H20IN3/c1-3-13-8-7-9-14(12-13)21(4-2)17(19)20-16-11-6-5-10-15(16)18/h5-12H,3-4H2,1-2H3,(H2,19,20). The number of para-hydroxylation sites is 1. The number of halogens is 1. The van der Waals surface area contributed by atoms with Crippen LogP contribution in [0, 0.1) is 3.57 Å². The third kappa shape index (κ3) is 3.97. The molecular weight excluding hydrogens is 373 g/mol. The Bertz CT molecular complexity index is 637. The van der Waals surface area contributed by atoms with Gasteiger partial charge in [-0.2, -0.15) is 0 Å². The Kier molecular flexibility index (Phi) is 5.61. The molecule has 0 saturated heterocycles. The Hall–Kier alpha value is -1.56. The summed E-state index contributed by atoms with van der Waals surface area (Å²) in [6, 6.07) is 16.4. The zero-order valence-corrected chi connectivity index (χ0v) is 14.5. The molecule has 0 fully saturated rings. The molecule has 3 nitrogen and oxygen atoms in total.